The number of hydrogen-bond donors (Lipinski definition) is 2. The highest BCUT2D eigenvalue weighted by Gasteiger charge is 2.05. The number of anilines is 1. The van der Waals surface area contributed by atoms with Crippen molar-refractivity contribution >= 4 is 16.8 Å². The van der Waals surface area contributed by atoms with Gasteiger partial charge in [-0.3, -0.25) is 4.57 Å². The lowest BCUT2D eigenvalue weighted by Gasteiger charge is -2.04. The Morgan fingerprint density at radius 1 is 1.47 bits per heavy atom. The summed E-state index contributed by atoms with van der Waals surface area (Å²) in [6.07, 6.45) is 0. The maximum Gasteiger partial charge on any atom is 0.419 e. The number of benzene rings is 1. The summed E-state index contributed by atoms with van der Waals surface area (Å²) >= 11 is 0. The predicted molar refractivity (Wildman–Crippen MR) is 59.0 cm³/mol. The summed E-state index contributed by atoms with van der Waals surface area (Å²) < 4.78 is 6.51. The zero-order valence-electron chi connectivity index (χ0n) is 8.70. The third-order valence-corrected chi connectivity index (χ3v) is 2.26. The summed E-state index contributed by atoms with van der Waals surface area (Å²) in [6, 6.07) is 5.55. The summed E-state index contributed by atoms with van der Waals surface area (Å²) in [7, 11) is 3.55. The molecular weight excluding hydrogens is 194 g/mol. The third-order valence-electron chi connectivity index (χ3n) is 2.26. The average Bonchev–Trinajstić information content (AvgIpc) is 2.52. The van der Waals surface area contributed by atoms with Crippen LogP contribution in [0.5, 0.6) is 0 Å². The van der Waals surface area contributed by atoms with E-state index in [1.54, 1.807) is 13.1 Å². The Bertz CT molecular complexity index is 527. The molecule has 0 radical (unpaired) electrons. The molecule has 1 aromatic heterocycles. The van der Waals surface area contributed by atoms with Gasteiger partial charge in [0.2, 0.25) is 0 Å². The molecule has 0 aliphatic rings. The van der Waals surface area contributed by atoms with Crippen LogP contribution in [0.2, 0.25) is 0 Å². The van der Waals surface area contributed by atoms with Crippen LogP contribution in [0.25, 0.3) is 11.1 Å². The second-order valence-electron chi connectivity index (χ2n) is 3.32. The van der Waals surface area contributed by atoms with E-state index < -0.39 is 0 Å². The minimum Gasteiger partial charge on any atom is -0.408 e. The fourth-order valence-corrected chi connectivity index (χ4v) is 1.43. The monoisotopic (exact) mass is 207 g/mol. The molecule has 0 atom stereocenters. The summed E-state index contributed by atoms with van der Waals surface area (Å²) in [5.74, 6) is -0.337. The molecule has 0 aliphatic carbocycles. The number of nitrogens with one attached hydrogen (secondary N) is 2. The SMILES string of the molecule is CNCNc1ccc2oc(=O)n(C)c2c1. The van der Waals surface area contributed by atoms with Gasteiger partial charge in [0.15, 0.2) is 5.58 Å². The van der Waals surface area contributed by atoms with E-state index >= 15 is 0 Å². The Morgan fingerprint density at radius 2 is 2.27 bits per heavy atom. The zero-order valence-corrected chi connectivity index (χ0v) is 8.70. The molecule has 2 aromatic rings. The highest BCUT2D eigenvalue weighted by atomic mass is 16.4. The first-order valence-electron chi connectivity index (χ1n) is 4.70. The highest BCUT2D eigenvalue weighted by molar-refractivity contribution is 5.77. The van der Waals surface area contributed by atoms with Crippen LogP contribution in [-0.4, -0.2) is 18.3 Å². The maximum absolute atomic E-state index is 11.2. The van der Waals surface area contributed by atoms with E-state index in [9.17, 15) is 4.79 Å². The smallest absolute Gasteiger partial charge is 0.408 e. The van der Waals surface area contributed by atoms with Gasteiger partial charge in [-0.2, -0.15) is 0 Å². The van der Waals surface area contributed by atoms with Crippen molar-refractivity contribution in [2.75, 3.05) is 19.0 Å². The zero-order chi connectivity index (χ0) is 10.8. The van der Waals surface area contributed by atoms with Gasteiger partial charge in [0.25, 0.3) is 0 Å². The molecule has 0 saturated carbocycles. The number of oxazole rings is 1. The highest BCUT2D eigenvalue weighted by Crippen LogP contribution is 2.17. The number of hydrogen-bond acceptors (Lipinski definition) is 4. The van der Waals surface area contributed by atoms with Crippen molar-refractivity contribution in [2.45, 2.75) is 0 Å². The van der Waals surface area contributed by atoms with Gasteiger partial charge in [0.05, 0.1) is 12.2 Å². The van der Waals surface area contributed by atoms with Crippen LogP contribution in [0.4, 0.5) is 5.69 Å². The third kappa shape index (κ3) is 1.73. The van der Waals surface area contributed by atoms with E-state index in [1.165, 1.54) is 4.57 Å². The van der Waals surface area contributed by atoms with Crippen molar-refractivity contribution in [3.63, 3.8) is 0 Å². The lowest BCUT2D eigenvalue weighted by molar-refractivity contribution is 0.528. The molecule has 0 amide bonds. The number of fused-ring (bicyclic) bond motifs is 1. The fraction of sp³-hybridized carbons (Fsp3) is 0.300. The molecule has 5 nitrogen and oxygen atoms in total. The molecule has 15 heavy (non-hydrogen) atoms. The van der Waals surface area contributed by atoms with E-state index in [4.69, 9.17) is 4.42 Å². The molecule has 0 spiro atoms. The molecule has 0 fully saturated rings. The van der Waals surface area contributed by atoms with Crippen LogP contribution < -0.4 is 16.4 Å². The topological polar surface area (TPSA) is 59.2 Å². The Labute approximate surface area is 86.7 Å². The first-order chi connectivity index (χ1) is 7.22. The van der Waals surface area contributed by atoms with Gasteiger partial charge < -0.3 is 15.1 Å². The predicted octanol–water partition coefficient (Wildman–Crippen LogP) is 0.720. The minimum atomic E-state index is -0.337. The quantitative estimate of drug-likeness (QED) is 0.728. The largest absolute Gasteiger partial charge is 0.419 e. The second-order valence-corrected chi connectivity index (χ2v) is 3.32. The lowest BCUT2D eigenvalue weighted by Crippen LogP contribution is -2.16. The van der Waals surface area contributed by atoms with Crippen LogP contribution in [0.3, 0.4) is 0 Å². The van der Waals surface area contributed by atoms with Crippen molar-refractivity contribution in [1.29, 1.82) is 0 Å². The summed E-state index contributed by atoms with van der Waals surface area (Å²) in [4.78, 5) is 11.2. The molecule has 2 N–H and O–H groups in total. The van der Waals surface area contributed by atoms with Crippen molar-refractivity contribution < 1.29 is 4.42 Å². The standard InChI is InChI=1S/C10H13N3O2/c1-11-6-12-7-3-4-9-8(5-7)13(2)10(14)15-9/h3-5,11-12H,6H2,1-2H3. The van der Waals surface area contributed by atoms with Gasteiger partial charge >= 0.3 is 5.76 Å². The van der Waals surface area contributed by atoms with E-state index in [2.05, 4.69) is 10.6 Å². The van der Waals surface area contributed by atoms with Gasteiger partial charge in [0.1, 0.15) is 0 Å². The number of nitrogens with zero attached hydrogens (tertiary/aromatic N) is 1. The summed E-state index contributed by atoms with van der Waals surface area (Å²) in [6.45, 7) is 0.678. The van der Waals surface area contributed by atoms with Crippen LogP contribution in [0.1, 0.15) is 0 Å². The van der Waals surface area contributed by atoms with Crippen LogP contribution >= 0.6 is 0 Å². The van der Waals surface area contributed by atoms with Gasteiger partial charge in [-0.15, -0.1) is 0 Å². The summed E-state index contributed by atoms with van der Waals surface area (Å²) in [5, 5.41) is 6.14. The van der Waals surface area contributed by atoms with Gasteiger partial charge in [0, 0.05) is 12.7 Å². The molecule has 0 aliphatic heterocycles. The molecular formula is C10H13N3O2. The van der Waals surface area contributed by atoms with E-state index in [0.717, 1.165) is 11.2 Å². The fourth-order valence-electron chi connectivity index (χ4n) is 1.43. The van der Waals surface area contributed by atoms with Crippen molar-refractivity contribution in [3.8, 4) is 0 Å². The van der Waals surface area contributed by atoms with Crippen LogP contribution in [0.15, 0.2) is 27.4 Å². The molecule has 0 saturated heterocycles. The Hall–Kier alpha value is -1.75. The van der Waals surface area contributed by atoms with Gasteiger partial charge in [-0.05, 0) is 25.2 Å². The number of aryl methyl sites for hydroxylation is 1. The molecule has 2 rings (SSSR count). The van der Waals surface area contributed by atoms with Crippen molar-refractivity contribution in [3.05, 3.63) is 28.7 Å². The van der Waals surface area contributed by atoms with Crippen LogP contribution in [0, 0.1) is 0 Å². The lowest BCUT2D eigenvalue weighted by atomic mass is 10.3. The van der Waals surface area contributed by atoms with E-state index in [1.807, 2.05) is 19.2 Å². The molecule has 80 valence electrons. The van der Waals surface area contributed by atoms with Crippen molar-refractivity contribution in [2.24, 2.45) is 7.05 Å². The average molecular weight is 207 g/mol. The normalized spacial score (nSPS) is 10.8. The Balaban J connectivity index is 2.45. The first kappa shape index (κ1) is 9.79. The number of rotatable bonds is 3. The first-order valence-corrected chi connectivity index (χ1v) is 4.70. The summed E-state index contributed by atoms with van der Waals surface area (Å²) in [5.41, 5.74) is 2.35. The van der Waals surface area contributed by atoms with Gasteiger partial charge in [-0.25, -0.2) is 4.79 Å². The Kier molecular flexibility index (Phi) is 2.47. The van der Waals surface area contributed by atoms with E-state index in [0.29, 0.717) is 12.3 Å². The van der Waals surface area contributed by atoms with Crippen LogP contribution in [-0.2, 0) is 7.05 Å². The number of aromatic nitrogens is 1. The minimum absolute atomic E-state index is 0.337. The van der Waals surface area contributed by atoms with E-state index in [-0.39, 0.29) is 5.76 Å². The van der Waals surface area contributed by atoms with Crippen molar-refractivity contribution in [1.82, 2.24) is 9.88 Å². The molecule has 1 aromatic carbocycles. The second kappa shape index (κ2) is 3.78. The molecule has 1 heterocycles. The van der Waals surface area contributed by atoms with Gasteiger partial charge in [-0.1, -0.05) is 0 Å². The molecule has 0 bridgehead atoms. The molecule has 5 heteroatoms. The maximum atomic E-state index is 11.2. The molecule has 0 unspecified atom stereocenters. The Morgan fingerprint density at radius 3 is 3.00 bits per heavy atom.